The number of nitrogens with one attached hydrogen (secondary N) is 2. The zero-order chi connectivity index (χ0) is 33.9. The van der Waals surface area contributed by atoms with Gasteiger partial charge in [0.15, 0.2) is 0 Å². The second-order valence-electron chi connectivity index (χ2n) is 12.8. The number of aromatic amines is 2. The Morgan fingerprint density at radius 2 is 1.14 bits per heavy atom. The molecule has 4 aromatic heterocycles. The van der Waals surface area contributed by atoms with Gasteiger partial charge in [0.1, 0.15) is 10.8 Å². The third-order valence-corrected chi connectivity index (χ3v) is 9.00. The van der Waals surface area contributed by atoms with Gasteiger partial charge in [-0.15, -0.1) is 0 Å². The van der Waals surface area contributed by atoms with Crippen LogP contribution < -0.4 is 28.7 Å². The molecule has 0 aromatic carbocycles. The number of hydrogen-bond donors (Lipinski definition) is 3. The van der Waals surface area contributed by atoms with Crippen LogP contribution in [0.25, 0.3) is 0 Å². The van der Waals surface area contributed by atoms with Gasteiger partial charge in [-0.2, -0.15) is 10.2 Å². The molecule has 0 radical (unpaired) electrons. The summed E-state index contributed by atoms with van der Waals surface area (Å²) in [4.78, 5) is 45.6. The Morgan fingerprint density at radius 1 is 0.735 bits per heavy atom. The molecule has 2 aliphatic heterocycles. The smallest absolute Gasteiger partial charge is 0.870 e. The Bertz CT molecular complexity index is 1750. The summed E-state index contributed by atoms with van der Waals surface area (Å²) < 4.78 is 4.94. The Labute approximate surface area is 298 Å². The first-order valence-electron chi connectivity index (χ1n) is 15.9. The SMILES string of the molecule is CCC1(C(=O)O)CN(c2nc(C)cc(Cc3cc(C)[nH]n3)n2)C1.CCC1(C(=O)OC)CN(c2nc(C)cc(Cc3cc(C)[nH]n3)n2)C1.[Li+].[OH-]. The number of ether oxygens (including phenoxy) is 1. The van der Waals surface area contributed by atoms with Crippen molar-refractivity contribution in [2.45, 2.75) is 67.2 Å². The van der Waals surface area contributed by atoms with Gasteiger partial charge in [-0.25, -0.2) is 19.9 Å². The maximum Gasteiger partial charge on any atom is 1.00 e. The molecule has 0 bridgehead atoms. The second kappa shape index (κ2) is 15.9. The molecule has 6 heterocycles. The maximum atomic E-state index is 12.0. The molecule has 16 heteroatoms. The summed E-state index contributed by atoms with van der Waals surface area (Å²) in [6.07, 6.45) is 2.66. The number of carbonyl (C=O) groups is 2. The van der Waals surface area contributed by atoms with Crippen LogP contribution in [0.2, 0.25) is 0 Å². The fourth-order valence-corrected chi connectivity index (χ4v) is 6.07. The average molecular weight is 669 g/mol. The summed E-state index contributed by atoms with van der Waals surface area (Å²) >= 11 is 0. The van der Waals surface area contributed by atoms with Gasteiger partial charge in [-0.3, -0.25) is 19.8 Å². The number of esters is 1. The number of nitrogens with zero attached hydrogens (tertiary/aromatic N) is 8. The Hall–Kier alpha value is -4.32. The van der Waals surface area contributed by atoms with Crippen molar-refractivity contribution in [3.05, 3.63) is 69.8 Å². The normalized spacial score (nSPS) is 15.4. The third kappa shape index (κ3) is 8.65. The van der Waals surface area contributed by atoms with Crippen molar-refractivity contribution >= 4 is 23.8 Å². The molecular weight excluding hydrogens is 623 g/mol. The van der Waals surface area contributed by atoms with Gasteiger partial charge in [-0.1, -0.05) is 13.8 Å². The van der Waals surface area contributed by atoms with Crippen LogP contribution in [0.5, 0.6) is 0 Å². The van der Waals surface area contributed by atoms with Crippen LogP contribution in [0.3, 0.4) is 0 Å². The molecule has 4 aromatic rings. The molecule has 0 saturated carbocycles. The number of aliphatic carboxylic acids is 1. The summed E-state index contributed by atoms with van der Waals surface area (Å²) in [5.74, 6) is 0.389. The predicted octanol–water partition coefficient (Wildman–Crippen LogP) is 0.332. The van der Waals surface area contributed by atoms with E-state index in [9.17, 15) is 14.7 Å². The number of anilines is 2. The molecule has 4 N–H and O–H groups in total. The van der Waals surface area contributed by atoms with E-state index < -0.39 is 16.8 Å². The predicted molar refractivity (Wildman–Crippen MR) is 177 cm³/mol. The molecule has 258 valence electrons. The number of carbonyl (C=O) groups excluding carboxylic acids is 1. The number of hydrogen-bond acceptors (Lipinski definition) is 12. The number of rotatable bonds is 10. The first-order chi connectivity index (χ1) is 22.4. The van der Waals surface area contributed by atoms with Crippen LogP contribution in [-0.4, -0.2) is 96.1 Å². The van der Waals surface area contributed by atoms with Crippen molar-refractivity contribution in [1.29, 1.82) is 0 Å². The molecule has 2 aliphatic rings. The summed E-state index contributed by atoms with van der Waals surface area (Å²) in [5, 5.41) is 23.7. The van der Waals surface area contributed by atoms with Gasteiger partial charge in [0, 0.05) is 61.8 Å². The molecule has 6 rings (SSSR count). The molecule has 2 saturated heterocycles. The first kappa shape index (κ1) is 39.1. The van der Waals surface area contributed by atoms with Gasteiger partial charge in [-0.05, 0) is 64.8 Å². The van der Waals surface area contributed by atoms with Crippen molar-refractivity contribution in [1.82, 2.24) is 40.3 Å². The van der Waals surface area contributed by atoms with E-state index in [0.717, 1.165) is 52.0 Å². The van der Waals surface area contributed by atoms with Crippen molar-refractivity contribution < 1.29 is 43.8 Å². The number of aromatic nitrogens is 8. The number of aryl methyl sites for hydroxylation is 4. The van der Waals surface area contributed by atoms with Crippen LogP contribution >= 0.6 is 0 Å². The Kier molecular flexibility index (Phi) is 12.7. The van der Waals surface area contributed by atoms with Crippen LogP contribution in [0, 0.1) is 38.5 Å². The van der Waals surface area contributed by atoms with Crippen LogP contribution in [-0.2, 0) is 27.2 Å². The van der Waals surface area contributed by atoms with Gasteiger partial charge >= 0.3 is 30.8 Å². The largest absolute Gasteiger partial charge is 1.00 e. The van der Waals surface area contributed by atoms with E-state index in [1.807, 2.05) is 75.6 Å². The molecule has 2 fully saturated rings. The minimum Gasteiger partial charge on any atom is -0.870 e. The topological polar surface area (TPSA) is 209 Å². The number of H-pyrrole nitrogens is 2. The van der Waals surface area contributed by atoms with E-state index in [0.29, 0.717) is 57.3 Å². The van der Waals surface area contributed by atoms with E-state index in [2.05, 4.69) is 40.3 Å². The minimum atomic E-state index is -0.740. The molecule has 0 unspecified atom stereocenters. The molecule has 0 atom stereocenters. The monoisotopic (exact) mass is 668 g/mol. The van der Waals surface area contributed by atoms with E-state index >= 15 is 0 Å². The fraction of sp³-hybridized carbons (Fsp3) is 0.515. The zero-order valence-electron chi connectivity index (χ0n) is 29.7. The van der Waals surface area contributed by atoms with Crippen LogP contribution in [0.15, 0.2) is 24.3 Å². The van der Waals surface area contributed by atoms with E-state index in [4.69, 9.17) is 4.74 Å². The van der Waals surface area contributed by atoms with Crippen LogP contribution in [0.4, 0.5) is 11.9 Å². The summed E-state index contributed by atoms with van der Waals surface area (Å²) in [6, 6.07) is 7.92. The van der Waals surface area contributed by atoms with Crippen molar-refractivity contribution in [3.8, 4) is 0 Å². The summed E-state index contributed by atoms with van der Waals surface area (Å²) in [5.41, 5.74) is 6.46. The van der Waals surface area contributed by atoms with Gasteiger partial charge in [0.25, 0.3) is 0 Å². The molecule has 0 amide bonds. The van der Waals surface area contributed by atoms with E-state index in [1.165, 1.54) is 7.11 Å². The average Bonchev–Trinajstić information content (AvgIpc) is 3.58. The summed E-state index contributed by atoms with van der Waals surface area (Å²) in [6.45, 7) is 13.9. The van der Waals surface area contributed by atoms with Gasteiger partial charge in [0.2, 0.25) is 11.9 Å². The Balaban J connectivity index is 0.000000255. The molecule has 49 heavy (non-hydrogen) atoms. The Morgan fingerprint density at radius 3 is 1.47 bits per heavy atom. The van der Waals surface area contributed by atoms with Crippen molar-refractivity contribution in [2.24, 2.45) is 10.8 Å². The van der Waals surface area contributed by atoms with E-state index in [1.54, 1.807) is 0 Å². The standard InChI is InChI=1S/C17H23N5O2.C16H21N5O2.Li.H2O/c1-5-17(15(23)24-4)9-22(10-17)16-18-11(2)6-13(19-16)8-14-7-12(3)20-21-14;1-4-16(14(22)23)8-21(9-16)15-17-10(2)5-12(18-15)7-13-6-11(3)19-20-13;;/h6-7H,5,8-10H2,1-4H3,(H,20,21);5-6H,4,7-9H2,1-3H3,(H,19,20)(H,22,23);;1H2/q;;+1;/p-1. The van der Waals surface area contributed by atoms with Crippen molar-refractivity contribution in [3.63, 3.8) is 0 Å². The maximum absolute atomic E-state index is 12.0. The zero-order valence-corrected chi connectivity index (χ0v) is 29.7. The molecule has 15 nitrogen and oxygen atoms in total. The quantitative estimate of drug-likeness (QED) is 0.154. The number of methoxy groups -OCH3 is 1. The fourth-order valence-electron chi connectivity index (χ4n) is 6.07. The first-order valence-corrected chi connectivity index (χ1v) is 15.9. The van der Waals surface area contributed by atoms with Gasteiger partial charge in [0.05, 0.1) is 29.9 Å². The third-order valence-electron chi connectivity index (χ3n) is 9.00. The van der Waals surface area contributed by atoms with Gasteiger partial charge < -0.3 is 25.1 Å². The van der Waals surface area contributed by atoms with E-state index in [-0.39, 0.29) is 30.3 Å². The number of carboxylic acid groups (broad SMARTS) is 1. The molecular formula is C33H45LiN10O5. The van der Waals surface area contributed by atoms with Crippen molar-refractivity contribution in [2.75, 3.05) is 43.1 Å². The number of carboxylic acids is 1. The molecule has 0 aliphatic carbocycles. The summed E-state index contributed by atoms with van der Waals surface area (Å²) in [7, 11) is 1.44. The molecule has 0 spiro atoms. The minimum absolute atomic E-state index is 0. The van der Waals surface area contributed by atoms with Crippen LogP contribution in [0.1, 0.15) is 72.2 Å². The second-order valence-corrected chi connectivity index (χ2v) is 12.8.